The first-order valence-corrected chi connectivity index (χ1v) is 9.02. The number of likely N-dealkylation sites (tertiary alicyclic amines) is 1. The number of nitrogens with one attached hydrogen (secondary N) is 2. The van der Waals surface area contributed by atoms with Gasteiger partial charge in [-0.3, -0.25) is 14.4 Å². The Labute approximate surface area is 154 Å². The third kappa shape index (κ3) is 5.18. The zero-order valence-electron chi connectivity index (χ0n) is 15.5. The van der Waals surface area contributed by atoms with Gasteiger partial charge in [-0.05, 0) is 43.0 Å². The average molecular weight is 357 g/mol. The van der Waals surface area contributed by atoms with Crippen molar-refractivity contribution < 1.29 is 14.4 Å². The number of hydrogen-bond acceptors (Lipinski definition) is 3. The van der Waals surface area contributed by atoms with E-state index < -0.39 is 6.04 Å². The summed E-state index contributed by atoms with van der Waals surface area (Å²) in [6, 6.07) is 6.37. The molecule has 0 spiro atoms. The molecule has 1 unspecified atom stereocenters. The Morgan fingerprint density at radius 3 is 2.58 bits per heavy atom. The molecule has 2 rings (SSSR count). The van der Waals surface area contributed by atoms with Crippen LogP contribution in [0.25, 0.3) is 0 Å². The molecule has 3 amide bonds. The number of benzene rings is 1. The number of carbonyl (C=O) groups excluding carboxylic acids is 3. The fourth-order valence-electron chi connectivity index (χ4n) is 3.02. The van der Waals surface area contributed by atoms with Crippen LogP contribution in [0, 0.1) is 5.92 Å². The van der Waals surface area contributed by atoms with Crippen molar-refractivity contribution in [3.63, 3.8) is 0 Å². The molecule has 140 valence electrons. The van der Waals surface area contributed by atoms with Crippen molar-refractivity contribution in [3.8, 4) is 0 Å². The number of amides is 3. The van der Waals surface area contributed by atoms with E-state index in [4.69, 9.17) is 0 Å². The monoisotopic (exact) mass is 357 g/mol. The number of anilines is 1. The molecule has 1 heterocycles. The minimum Gasteiger partial charge on any atom is -0.351 e. The van der Waals surface area contributed by atoms with Crippen molar-refractivity contribution in [2.24, 2.45) is 5.92 Å². The summed E-state index contributed by atoms with van der Waals surface area (Å²) >= 11 is 0. The van der Waals surface area contributed by atoms with E-state index in [-0.39, 0.29) is 23.6 Å². The summed E-state index contributed by atoms with van der Waals surface area (Å²) in [5.74, 6) is -0.0672. The second-order valence-corrected chi connectivity index (χ2v) is 6.91. The molecule has 0 aliphatic carbocycles. The van der Waals surface area contributed by atoms with Gasteiger partial charge < -0.3 is 15.5 Å². The smallest absolute Gasteiger partial charge is 0.254 e. The SMILES string of the molecule is C=CCNC(=O)C1CCCN1C(=O)c1ccc(NC(=O)CC(C)C)cc1. The molecule has 2 N–H and O–H groups in total. The molecule has 1 aromatic carbocycles. The fourth-order valence-corrected chi connectivity index (χ4v) is 3.02. The zero-order valence-corrected chi connectivity index (χ0v) is 15.5. The van der Waals surface area contributed by atoms with Crippen LogP contribution in [-0.2, 0) is 9.59 Å². The molecule has 26 heavy (non-hydrogen) atoms. The lowest BCUT2D eigenvalue weighted by Gasteiger charge is -2.24. The Morgan fingerprint density at radius 2 is 1.96 bits per heavy atom. The normalized spacial score (nSPS) is 16.4. The van der Waals surface area contributed by atoms with E-state index in [0.717, 1.165) is 6.42 Å². The van der Waals surface area contributed by atoms with Crippen LogP contribution in [0.4, 0.5) is 5.69 Å². The predicted octanol–water partition coefficient (Wildman–Crippen LogP) is 2.58. The maximum absolute atomic E-state index is 12.8. The van der Waals surface area contributed by atoms with Gasteiger partial charge in [-0.2, -0.15) is 0 Å². The first kappa shape index (κ1) is 19.7. The van der Waals surface area contributed by atoms with Crippen LogP contribution >= 0.6 is 0 Å². The number of hydrogen-bond donors (Lipinski definition) is 2. The van der Waals surface area contributed by atoms with E-state index >= 15 is 0 Å². The van der Waals surface area contributed by atoms with Crippen LogP contribution in [0.3, 0.4) is 0 Å². The van der Waals surface area contributed by atoms with Gasteiger partial charge in [0.15, 0.2) is 0 Å². The van der Waals surface area contributed by atoms with E-state index in [1.165, 1.54) is 0 Å². The Bertz CT molecular complexity index is 667. The first-order chi connectivity index (χ1) is 12.4. The molecule has 1 atom stereocenters. The van der Waals surface area contributed by atoms with Crippen molar-refractivity contribution >= 4 is 23.4 Å². The molecule has 0 radical (unpaired) electrons. The molecular weight excluding hydrogens is 330 g/mol. The molecular formula is C20H27N3O3. The summed E-state index contributed by atoms with van der Waals surface area (Å²) in [7, 11) is 0. The zero-order chi connectivity index (χ0) is 19.1. The van der Waals surface area contributed by atoms with Gasteiger partial charge in [-0.15, -0.1) is 6.58 Å². The molecule has 1 saturated heterocycles. The van der Waals surface area contributed by atoms with Gasteiger partial charge in [0.1, 0.15) is 6.04 Å². The van der Waals surface area contributed by atoms with Crippen molar-refractivity contribution in [1.82, 2.24) is 10.2 Å². The highest BCUT2D eigenvalue weighted by atomic mass is 16.2. The van der Waals surface area contributed by atoms with Gasteiger partial charge in [0.25, 0.3) is 5.91 Å². The lowest BCUT2D eigenvalue weighted by atomic mass is 10.1. The van der Waals surface area contributed by atoms with Gasteiger partial charge in [-0.25, -0.2) is 0 Å². The maximum atomic E-state index is 12.8. The fraction of sp³-hybridized carbons (Fsp3) is 0.450. The lowest BCUT2D eigenvalue weighted by Crippen LogP contribution is -2.46. The highest BCUT2D eigenvalue weighted by molar-refractivity contribution is 5.98. The van der Waals surface area contributed by atoms with E-state index in [1.807, 2.05) is 13.8 Å². The standard InChI is InChI=1S/C20H27N3O3/c1-4-11-21-19(25)17-6-5-12-23(17)20(26)15-7-9-16(10-8-15)22-18(24)13-14(2)3/h4,7-10,14,17H,1,5-6,11-13H2,2-3H3,(H,21,25)(H,22,24). The van der Waals surface area contributed by atoms with Gasteiger partial charge in [-0.1, -0.05) is 19.9 Å². The summed E-state index contributed by atoms with van der Waals surface area (Å²) < 4.78 is 0. The van der Waals surface area contributed by atoms with E-state index in [2.05, 4.69) is 17.2 Å². The second-order valence-electron chi connectivity index (χ2n) is 6.91. The maximum Gasteiger partial charge on any atom is 0.254 e. The molecule has 0 saturated carbocycles. The highest BCUT2D eigenvalue weighted by Crippen LogP contribution is 2.21. The molecule has 0 bridgehead atoms. The quantitative estimate of drug-likeness (QED) is 0.736. The van der Waals surface area contributed by atoms with Crippen LogP contribution in [-0.4, -0.2) is 41.8 Å². The Hall–Kier alpha value is -2.63. The topological polar surface area (TPSA) is 78.5 Å². The molecule has 1 fully saturated rings. The van der Waals surface area contributed by atoms with Crippen molar-refractivity contribution in [1.29, 1.82) is 0 Å². The Balaban J connectivity index is 2.01. The molecule has 1 aliphatic heterocycles. The molecule has 1 aromatic rings. The molecule has 1 aliphatic rings. The highest BCUT2D eigenvalue weighted by Gasteiger charge is 2.34. The third-order valence-corrected chi connectivity index (χ3v) is 4.25. The summed E-state index contributed by atoms with van der Waals surface area (Å²) in [6.07, 6.45) is 3.54. The largest absolute Gasteiger partial charge is 0.351 e. The predicted molar refractivity (Wildman–Crippen MR) is 102 cm³/mol. The van der Waals surface area contributed by atoms with Crippen molar-refractivity contribution in [3.05, 3.63) is 42.5 Å². The minimum absolute atomic E-state index is 0.0439. The second kappa shape index (κ2) is 9.17. The molecule has 0 aromatic heterocycles. The first-order valence-electron chi connectivity index (χ1n) is 9.02. The summed E-state index contributed by atoms with van der Waals surface area (Å²) in [5, 5.41) is 5.58. The summed E-state index contributed by atoms with van der Waals surface area (Å²) in [6.45, 7) is 8.51. The minimum atomic E-state index is -0.437. The van der Waals surface area contributed by atoms with Gasteiger partial charge in [0.2, 0.25) is 11.8 Å². The van der Waals surface area contributed by atoms with E-state index in [9.17, 15) is 14.4 Å². The lowest BCUT2D eigenvalue weighted by molar-refractivity contribution is -0.124. The average Bonchev–Trinajstić information content (AvgIpc) is 3.08. The Kier molecular flexibility index (Phi) is 6.95. The van der Waals surface area contributed by atoms with Crippen LogP contribution < -0.4 is 10.6 Å². The van der Waals surface area contributed by atoms with Crippen molar-refractivity contribution in [2.75, 3.05) is 18.4 Å². The van der Waals surface area contributed by atoms with Crippen LogP contribution in [0.2, 0.25) is 0 Å². The number of nitrogens with zero attached hydrogens (tertiary/aromatic N) is 1. The van der Waals surface area contributed by atoms with Crippen LogP contribution in [0.15, 0.2) is 36.9 Å². The van der Waals surface area contributed by atoms with Gasteiger partial charge in [0, 0.05) is 30.8 Å². The summed E-state index contributed by atoms with van der Waals surface area (Å²) in [5.41, 5.74) is 1.17. The van der Waals surface area contributed by atoms with Crippen LogP contribution in [0.5, 0.6) is 0 Å². The number of carbonyl (C=O) groups is 3. The number of rotatable bonds is 7. The van der Waals surface area contributed by atoms with Gasteiger partial charge in [0.05, 0.1) is 0 Å². The molecule has 6 nitrogen and oxygen atoms in total. The van der Waals surface area contributed by atoms with E-state index in [1.54, 1.807) is 35.2 Å². The third-order valence-electron chi connectivity index (χ3n) is 4.25. The van der Waals surface area contributed by atoms with Crippen LogP contribution in [0.1, 0.15) is 43.5 Å². The molecule has 6 heteroatoms. The van der Waals surface area contributed by atoms with Gasteiger partial charge >= 0.3 is 0 Å². The van der Waals surface area contributed by atoms with Crippen molar-refractivity contribution in [2.45, 2.75) is 39.2 Å². The van der Waals surface area contributed by atoms with E-state index in [0.29, 0.717) is 37.2 Å². The summed E-state index contributed by atoms with van der Waals surface area (Å²) in [4.78, 5) is 38.4. The Morgan fingerprint density at radius 1 is 1.27 bits per heavy atom.